The van der Waals surface area contributed by atoms with E-state index in [1.165, 1.54) is 11.9 Å². The quantitative estimate of drug-likeness (QED) is 0.694. The Morgan fingerprint density at radius 3 is 2.88 bits per heavy atom. The molecular formula is C16H22N4O4. The molecule has 8 nitrogen and oxygen atoms in total. The number of urea groups is 1. The van der Waals surface area contributed by atoms with Crippen LogP contribution < -0.4 is 10.1 Å². The number of amides is 2. The van der Waals surface area contributed by atoms with Gasteiger partial charge in [0, 0.05) is 18.7 Å². The Hall–Kier alpha value is -2.58. The number of aromatic nitrogens is 2. The number of carbonyl (C=O) groups excluding carboxylic acids is 1. The maximum atomic E-state index is 12.1. The van der Waals surface area contributed by atoms with Gasteiger partial charge in [0.2, 0.25) is 0 Å². The van der Waals surface area contributed by atoms with Crippen LogP contribution in [0.5, 0.6) is 5.75 Å². The number of likely N-dealkylation sites (N-methyl/N-ethyl adjacent to an activating group) is 1. The zero-order valence-corrected chi connectivity index (χ0v) is 13.7. The number of methoxy groups -OCH3 is 1. The number of carbonyl (C=O) groups is 1. The molecule has 0 aliphatic rings. The van der Waals surface area contributed by atoms with Crippen molar-refractivity contribution >= 4 is 11.8 Å². The zero-order valence-electron chi connectivity index (χ0n) is 13.7. The van der Waals surface area contributed by atoms with Crippen molar-refractivity contribution in [2.24, 2.45) is 0 Å². The number of para-hydroxylation sites is 1. The topological polar surface area (TPSA) is 99.9 Å². The molecular weight excluding hydrogens is 312 g/mol. The Balaban J connectivity index is 2.06. The highest BCUT2D eigenvalue weighted by Crippen LogP contribution is 2.20. The van der Waals surface area contributed by atoms with Crippen molar-refractivity contribution in [1.82, 2.24) is 14.7 Å². The van der Waals surface area contributed by atoms with Crippen molar-refractivity contribution in [3.8, 4) is 5.75 Å². The van der Waals surface area contributed by atoms with Crippen LogP contribution in [0.15, 0.2) is 36.5 Å². The fourth-order valence-corrected chi connectivity index (χ4v) is 2.22. The van der Waals surface area contributed by atoms with Gasteiger partial charge < -0.3 is 19.8 Å². The van der Waals surface area contributed by atoms with E-state index in [1.54, 1.807) is 24.1 Å². The predicted molar refractivity (Wildman–Crippen MR) is 89.1 cm³/mol. The van der Waals surface area contributed by atoms with E-state index in [0.29, 0.717) is 12.4 Å². The molecule has 2 amide bonds. The Morgan fingerprint density at radius 1 is 1.42 bits per heavy atom. The van der Waals surface area contributed by atoms with Crippen molar-refractivity contribution in [3.63, 3.8) is 0 Å². The molecule has 3 N–H and O–H groups in total. The van der Waals surface area contributed by atoms with Crippen LogP contribution in [-0.4, -0.2) is 64.3 Å². The second-order valence-corrected chi connectivity index (χ2v) is 5.33. The lowest BCUT2D eigenvalue weighted by molar-refractivity contribution is 0.0750. The number of nitrogens with zero attached hydrogens (tertiary/aromatic N) is 3. The number of hydrogen-bond acceptors (Lipinski definition) is 5. The molecule has 0 saturated heterocycles. The summed E-state index contributed by atoms with van der Waals surface area (Å²) in [4.78, 5) is 13.4. The summed E-state index contributed by atoms with van der Waals surface area (Å²) < 4.78 is 6.97. The summed E-state index contributed by atoms with van der Waals surface area (Å²) in [6.07, 6.45) is 0.618. The summed E-state index contributed by atoms with van der Waals surface area (Å²) in [6.45, 7) is 0.0714. The zero-order chi connectivity index (χ0) is 17.5. The third-order valence-electron chi connectivity index (χ3n) is 3.51. The minimum absolute atomic E-state index is 0.0307. The molecule has 0 bridgehead atoms. The van der Waals surface area contributed by atoms with Crippen molar-refractivity contribution in [2.45, 2.75) is 12.6 Å². The van der Waals surface area contributed by atoms with E-state index < -0.39 is 18.7 Å². The van der Waals surface area contributed by atoms with Gasteiger partial charge >= 0.3 is 6.03 Å². The second-order valence-electron chi connectivity index (χ2n) is 5.33. The Bertz CT molecular complexity index is 674. The van der Waals surface area contributed by atoms with Gasteiger partial charge in [0.1, 0.15) is 11.6 Å². The van der Waals surface area contributed by atoms with E-state index in [9.17, 15) is 9.90 Å². The maximum Gasteiger partial charge on any atom is 0.322 e. The number of nitrogens with one attached hydrogen (secondary N) is 1. The van der Waals surface area contributed by atoms with Crippen LogP contribution in [0.1, 0.15) is 5.56 Å². The van der Waals surface area contributed by atoms with Crippen LogP contribution in [0, 0.1) is 0 Å². The van der Waals surface area contributed by atoms with Gasteiger partial charge in [-0.1, -0.05) is 18.2 Å². The van der Waals surface area contributed by atoms with E-state index >= 15 is 0 Å². The first-order chi connectivity index (χ1) is 11.5. The molecule has 0 unspecified atom stereocenters. The van der Waals surface area contributed by atoms with Gasteiger partial charge in [-0.05, 0) is 6.07 Å². The van der Waals surface area contributed by atoms with Gasteiger partial charge in [0.25, 0.3) is 0 Å². The summed E-state index contributed by atoms with van der Waals surface area (Å²) in [6, 6.07) is 8.86. The molecule has 130 valence electrons. The van der Waals surface area contributed by atoms with Gasteiger partial charge in [0.15, 0.2) is 0 Å². The van der Waals surface area contributed by atoms with Crippen LogP contribution in [0.25, 0.3) is 0 Å². The number of ether oxygens (including phenoxy) is 1. The molecule has 2 rings (SSSR count). The SMILES string of the molecule is COc1ccccc1Cn1nccc1NC(=O)N(C)C[C@@H](O)CO. The van der Waals surface area contributed by atoms with Gasteiger partial charge in [-0.25, -0.2) is 9.48 Å². The van der Waals surface area contributed by atoms with Gasteiger partial charge in [-0.3, -0.25) is 5.32 Å². The Labute approximate surface area is 140 Å². The highest BCUT2D eigenvalue weighted by Gasteiger charge is 2.15. The fraction of sp³-hybridized carbons (Fsp3) is 0.375. The van der Waals surface area contributed by atoms with Crippen molar-refractivity contribution < 1.29 is 19.7 Å². The molecule has 0 fully saturated rings. The van der Waals surface area contributed by atoms with Crippen LogP contribution in [0.2, 0.25) is 0 Å². The first kappa shape index (κ1) is 17.8. The van der Waals surface area contributed by atoms with E-state index in [4.69, 9.17) is 9.84 Å². The number of benzene rings is 1. The molecule has 1 atom stereocenters. The minimum Gasteiger partial charge on any atom is -0.496 e. The summed E-state index contributed by atoms with van der Waals surface area (Å²) in [5.74, 6) is 1.27. The van der Waals surface area contributed by atoms with Gasteiger partial charge in [-0.2, -0.15) is 5.10 Å². The number of rotatable bonds is 7. The molecule has 1 heterocycles. The largest absolute Gasteiger partial charge is 0.496 e. The summed E-state index contributed by atoms with van der Waals surface area (Å²) in [7, 11) is 3.14. The molecule has 0 saturated carbocycles. The molecule has 2 aromatic rings. The number of hydrogen-bond donors (Lipinski definition) is 3. The Morgan fingerprint density at radius 2 is 2.17 bits per heavy atom. The van der Waals surface area contributed by atoms with E-state index in [0.717, 1.165) is 11.3 Å². The van der Waals surface area contributed by atoms with Crippen LogP contribution in [0.4, 0.5) is 10.6 Å². The smallest absolute Gasteiger partial charge is 0.322 e. The molecule has 0 aliphatic heterocycles. The number of aliphatic hydroxyl groups is 2. The number of anilines is 1. The molecule has 1 aromatic heterocycles. The lowest BCUT2D eigenvalue weighted by Gasteiger charge is -2.20. The average molecular weight is 334 g/mol. The highest BCUT2D eigenvalue weighted by atomic mass is 16.5. The highest BCUT2D eigenvalue weighted by molar-refractivity contribution is 5.88. The van der Waals surface area contributed by atoms with Crippen LogP contribution in [0.3, 0.4) is 0 Å². The first-order valence-electron chi connectivity index (χ1n) is 7.50. The van der Waals surface area contributed by atoms with Gasteiger partial charge in [-0.15, -0.1) is 0 Å². The molecule has 0 aliphatic carbocycles. The van der Waals surface area contributed by atoms with Gasteiger partial charge in [0.05, 0.1) is 39.1 Å². The van der Waals surface area contributed by atoms with Crippen molar-refractivity contribution in [2.75, 3.05) is 32.6 Å². The predicted octanol–water partition coefficient (Wildman–Crippen LogP) is 0.757. The first-order valence-corrected chi connectivity index (χ1v) is 7.50. The summed E-state index contributed by atoms with van der Waals surface area (Å²) in [5.41, 5.74) is 0.934. The third kappa shape index (κ3) is 4.46. The molecule has 8 heteroatoms. The van der Waals surface area contributed by atoms with Crippen molar-refractivity contribution in [1.29, 1.82) is 0 Å². The second kappa shape index (κ2) is 8.32. The lowest BCUT2D eigenvalue weighted by Crippen LogP contribution is -2.38. The van der Waals surface area contributed by atoms with E-state index in [2.05, 4.69) is 10.4 Å². The van der Waals surface area contributed by atoms with E-state index in [1.807, 2.05) is 24.3 Å². The van der Waals surface area contributed by atoms with Crippen LogP contribution in [-0.2, 0) is 6.54 Å². The molecule has 24 heavy (non-hydrogen) atoms. The molecule has 0 spiro atoms. The normalized spacial score (nSPS) is 11.8. The Kier molecular flexibility index (Phi) is 6.16. The molecule has 0 radical (unpaired) electrons. The summed E-state index contributed by atoms with van der Waals surface area (Å²) >= 11 is 0. The fourth-order valence-electron chi connectivity index (χ4n) is 2.22. The van der Waals surface area contributed by atoms with Crippen LogP contribution >= 0.6 is 0 Å². The lowest BCUT2D eigenvalue weighted by atomic mass is 10.2. The molecule has 1 aromatic carbocycles. The summed E-state index contributed by atoms with van der Waals surface area (Å²) in [5, 5.41) is 25.2. The van der Waals surface area contributed by atoms with Crippen molar-refractivity contribution in [3.05, 3.63) is 42.1 Å². The standard InChI is InChI=1S/C16H22N4O4/c1-19(10-13(22)11-21)16(23)18-15-7-8-17-20(15)9-12-5-3-4-6-14(12)24-2/h3-8,13,21-22H,9-11H2,1-2H3,(H,18,23)/t13-/m1/s1. The number of aliphatic hydroxyl groups excluding tert-OH is 2. The maximum absolute atomic E-state index is 12.1. The monoisotopic (exact) mass is 334 g/mol. The van der Waals surface area contributed by atoms with E-state index in [-0.39, 0.29) is 6.54 Å². The minimum atomic E-state index is -0.973. The third-order valence-corrected chi connectivity index (χ3v) is 3.51. The average Bonchev–Trinajstić information content (AvgIpc) is 3.01.